The van der Waals surface area contributed by atoms with Crippen LogP contribution >= 0.6 is 45.1 Å². The van der Waals surface area contributed by atoms with Crippen LogP contribution < -0.4 is 0 Å². The topological polar surface area (TPSA) is 109 Å². The Morgan fingerprint density at radius 3 is 1.20 bits per heavy atom. The minimum absolute atomic E-state index is 0.0699. The van der Waals surface area contributed by atoms with Crippen molar-refractivity contribution in [3.8, 4) is 0 Å². The predicted octanol–water partition coefficient (Wildman–Crippen LogP) is 8.11. The maximum Gasteiger partial charge on any atom is 0.335 e. The Morgan fingerprint density at radius 1 is 0.575 bits per heavy atom. The van der Waals surface area contributed by atoms with E-state index in [2.05, 4.69) is 13.8 Å². The summed E-state index contributed by atoms with van der Waals surface area (Å²) in [7, 11) is 3.68. The minimum Gasteiger partial charge on any atom is -0.478 e. The Morgan fingerprint density at radius 2 is 0.900 bits per heavy atom. The number of carbonyl (C=O) groups is 4. The van der Waals surface area contributed by atoms with E-state index in [4.69, 9.17) is 10.2 Å². The minimum atomic E-state index is -0.995. The quantitative estimate of drug-likeness (QED) is 0.0805. The molecule has 2 unspecified atom stereocenters. The molecular weight excluding hydrogens is 585 g/mol. The summed E-state index contributed by atoms with van der Waals surface area (Å²) in [4.78, 5) is 47.9. The van der Waals surface area contributed by atoms with Gasteiger partial charge in [-0.25, -0.2) is 9.59 Å². The van der Waals surface area contributed by atoms with E-state index in [1.807, 2.05) is 21.6 Å². The van der Waals surface area contributed by atoms with E-state index < -0.39 is 11.9 Å². The molecule has 6 nitrogen and oxygen atoms in total. The molecule has 2 atom stereocenters. The predicted molar refractivity (Wildman–Crippen MR) is 172 cm³/mol. The van der Waals surface area contributed by atoms with Crippen LogP contribution in [-0.4, -0.2) is 67.2 Å². The SMILES string of the molecule is CCCC(SCCCSSCCCSC(CCC)C(=O)c1ccc(C(=O)O)cc1)C(=O)c1ccc(C(=O)O)cc1. The lowest BCUT2D eigenvalue weighted by Gasteiger charge is -2.15. The molecular formula is C30H38O6S4. The highest BCUT2D eigenvalue weighted by atomic mass is 33.1. The number of hydrogen-bond acceptors (Lipinski definition) is 8. The summed E-state index contributed by atoms with van der Waals surface area (Å²) in [6, 6.07) is 12.4. The summed E-state index contributed by atoms with van der Waals surface area (Å²) in [5.74, 6) is 1.97. The average Bonchev–Trinajstić information content (AvgIpc) is 2.96. The first-order chi connectivity index (χ1) is 19.3. The van der Waals surface area contributed by atoms with Gasteiger partial charge < -0.3 is 10.2 Å². The van der Waals surface area contributed by atoms with Crippen molar-refractivity contribution < 1.29 is 29.4 Å². The number of rotatable bonds is 21. The zero-order chi connectivity index (χ0) is 29.3. The van der Waals surface area contributed by atoms with Gasteiger partial charge in [-0.3, -0.25) is 9.59 Å². The molecule has 0 aromatic heterocycles. The molecule has 0 bridgehead atoms. The molecule has 218 valence electrons. The normalized spacial score (nSPS) is 12.6. The lowest BCUT2D eigenvalue weighted by Crippen LogP contribution is -2.18. The summed E-state index contributed by atoms with van der Waals surface area (Å²) in [5.41, 5.74) is 1.50. The van der Waals surface area contributed by atoms with Crippen molar-refractivity contribution in [2.45, 2.75) is 62.9 Å². The van der Waals surface area contributed by atoms with Crippen molar-refractivity contribution in [3.05, 3.63) is 70.8 Å². The number of Topliss-reactive ketones (excluding diaryl/α,β-unsaturated/α-hetero) is 2. The van der Waals surface area contributed by atoms with Gasteiger partial charge in [0, 0.05) is 22.6 Å². The fraction of sp³-hybridized carbons (Fsp3) is 0.467. The highest BCUT2D eigenvalue weighted by Gasteiger charge is 2.21. The second-order valence-electron chi connectivity index (χ2n) is 9.14. The van der Waals surface area contributed by atoms with Crippen LogP contribution in [0.1, 0.15) is 93.8 Å². The van der Waals surface area contributed by atoms with Gasteiger partial charge >= 0.3 is 11.9 Å². The summed E-state index contributed by atoms with van der Waals surface area (Å²) < 4.78 is 0. The van der Waals surface area contributed by atoms with Crippen LogP contribution in [0.2, 0.25) is 0 Å². The van der Waals surface area contributed by atoms with Crippen molar-refractivity contribution >= 4 is 68.6 Å². The number of carboxylic acids is 2. The third-order valence-corrected chi connectivity index (χ3v) is 11.3. The largest absolute Gasteiger partial charge is 0.478 e. The highest BCUT2D eigenvalue weighted by molar-refractivity contribution is 8.76. The van der Waals surface area contributed by atoms with E-state index in [0.29, 0.717) is 11.1 Å². The van der Waals surface area contributed by atoms with Crippen LogP contribution in [0.3, 0.4) is 0 Å². The maximum atomic E-state index is 12.9. The molecule has 0 aliphatic rings. The molecule has 2 rings (SSSR count). The van der Waals surface area contributed by atoms with Crippen molar-refractivity contribution in [3.63, 3.8) is 0 Å². The van der Waals surface area contributed by atoms with E-state index in [1.54, 1.807) is 47.8 Å². The van der Waals surface area contributed by atoms with Gasteiger partial charge in [0.1, 0.15) is 0 Å². The Labute approximate surface area is 253 Å². The van der Waals surface area contributed by atoms with E-state index in [0.717, 1.165) is 61.5 Å². The Kier molecular flexibility index (Phi) is 16.5. The van der Waals surface area contributed by atoms with Crippen molar-refractivity contribution in [1.82, 2.24) is 0 Å². The molecule has 2 N–H and O–H groups in total. The smallest absolute Gasteiger partial charge is 0.335 e. The first kappa shape index (κ1) is 34.3. The van der Waals surface area contributed by atoms with Gasteiger partial charge in [-0.05, 0) is 61.5 Å². The zero-order valence-electron chi connectivity index (χ0n) is 23.0. The molecule has 0 saturated carbocycles. The molecule has 2 aromatic carbocycles. The Balaban J connectivity index is 1.63. The van der Waals surface area contributed by atoms with Gasteiger partial charge in [-0.15, -0.1) is 0 Å². The van der Waals surface area contributed by atoms with E-state index in [9.17, 15) is 19.2 Å². The summed E-state index contributed by atoms with van der Waals surface area (Å²) in [6.45, 7) is 4.13. The third-order valence-electron chi connectivity index (χ3n) is 5.98. The second kappa shape index (κ2) is 19.3. The fourth-order valence-electron chi connectivity index (χ4n) is 3.84. The van der Waals surface area contributed by atoms with Crippen LogP contribution in [0.15, 0.2) is 48.5 Å². The monoisotopic (exact) mass is 622 g/mol. The Hall–Kier alpha value is -1.88. The molecule has 0 heterocycles. The van der Waals surface area contributed by atoms with Crippen LogP contribution in [0.25, 0.3) is 0 Å². The molecule has 0 fully saturated rings. The second-order valence-corrected chi connectivity index (χ2v) is 14.5. The summed E-state index contributed by atoms with van der Waals surface area (Å²) >= 11 is 3.38. The number of carbonyl (C=O) groups excluding carboxylic acids is 2. The van der Waals surface area contributed by atoms with Crippen LogP contribution in [-0.2, 0) is 0 Å². The fourth-order valence-corrected chi connectivity index (χ4v) is 8.95. The number of carboxylic acid groups (broad SMARTS) is 2. The Bertz CT molecular complexity index is 1000. The van der Waals surface area contributed by atoms with Crippen molar-refractivity contribution in [2.75, 3.05) is 23.0 Å². The van der Waals surface area contributed by atoms with Crippen molar-refractivity contribution in [1.29, 1.82) is 0 Å². The standard InChI is InChI=1S/C30H38O6S4/c1-3-7-25(27(31)21-9-13-23(14-10-21)29(33)34)37-17-5-19-39-40-20-6-18-38-26(8-4-2)28(32)22-11-15-24(16-12-22)30(35)36/h9-16,25-26H,3-8,17-20H2,1-2H3,(H,33,34)(H,35,36). The first-order valence-electron chi connectivity index (χ1n) is 13.5. The molecule has 0 amide bonds. The molecule has 0 spiro atoms. The molecule has 40 heavy (non-hydrogen) atoms. The first-order valence-corrected chi connectivity index (χ1v) is 18.1. The lowest BCUT2D eigenvalue weighted by atomic mass is 10.0. The third kappa shape index (κ3) is 11.9. The molecule has 2 aromatic rings. The van der Waals surface area contributed by atoms with Gasteiger partial charge in [-0.2, -0.15) is 23.5 Å². The summed E-state index contributed by atoms with van der Waals surface area (Å²) in [5, 5.41) is 17.9. The van der Waals surface area contributed by atoms with E-state index in [-0.39, 0.29) is 33.2 Å². The average molecular weight is 623 g/mol. The maximum absolute atomic E-state index is 12.9. The molecule has 0 aliphatic carbocycles. The van der Waals surface area contributed by atoms with Gasteiger partial charge in [0.2, 0.25) is 0 Å². The van der Waals surface area contributed by atoms with Crippen LogP contribution in [0.4, 0.5) is 0 Å². The molecule has 0 saturated heterocycles. The van der Waals surface area contributed by atoms with Crippen LogP contribution in [0, 0.1) is 0 Å². The van der Waals surface area contributed by atoms with E-state index >= 15 is 0 Å². The lowest BCUT2D eigenvalue weighted by molar-refractivity contribution is 0.0686. The number of hydrogen-bond donors (Lipinski definition) is 2. The number of aromatic carboxylic acids is 2. The highest BCUT2D eigenvalue weighted by Crippen LogP contribution is 2.28. The van der Waals surface area contributed by atoms with Gasteiger partial charge in [0.05, 0.1) is 21.6 Å². The number of benzene rings is 2. The number of thioether (sulfide) groups is 2. The molecule has 10 heteroatoms. The van der Waals surface area contributed by atoms with Gasteiger partial charge in [-0.1, -0.05) is 72.5 Å². The summed E-state index contributed by atoms with van der Waals surface area (Å²) in [6.07, 6.45) is 5.46. The zero-order valence-corrected chi connectivity index (χ0v) is 26.3. The molecule has 0 radical (unpaired) electrons. The van der Waals surface area contributed by atoms with E-state index in [1.165, 1.54) is 24.3 Å². The van der Waals surface area contributed by atoms with Gasteiger partial charge in [0.15, 0.2) is 11.6 Å². The van der Waals surface area contributed by atoms with Crippen LogP contribution in [0.5, 0.6) is 0 Å². The van der Waals surface area contributed by atoms with Gasteiger partial charge in [0.25, 0.3) is 0 Å². The molecule has 0 aliphatic heterocycles. The van der Waals surface area contributed by atoms with Crippen molar-refractivity contribution in [2.24, 2.45) is 0 Å². The number of ketones is 2.